The van der Waals surface area contributed by atoms with Crippen molar-refractivity contribution in [2.75, 3.05) is 13.2 Å². The van der Waals surface area contributed by atoms with Crippen LogP contribution in [-0.4, -0.2) is 13.2 Å². The van der Waals surface area contributed by atoms with Crippen molar-refractivity contribution in [2.24, 2.45) is 0 Å². The number of fused-ring (bicyclic) bond motifs is 1. The molecule has 0 amide bonds. The van der Waals surface area contributed by atoms with Crippen LogP contribution in [0.2, 0.25) is 0 Å². The molecule has 1 aliphatic rings. The molecule has 0 aromatic heterocycles. The largest absolute Gasteiger partial charge is 0.486 e. The Morgan fingerprint density at radius 3 is 2.71 bits per heavy atom. The molecule has 2 aromatic carbocycles. The van der Waals surface area contributed by atoms with Crippen LogP contribution in [0.4, 0.5) is 0 Å². The van der Waals surface area contributed by atoms with Crippen molar-refractivity contribution in [2.45, 2.75) is 19.5 Å². The highest BCUT2D eigenvalue weighted by Gasteiger charge is 2.16. The van der Waals surface area contributed by atoms with Gasteiger partial charge in [-0.3, -0.25) is 0 Å². The first-order valence-corrected chi connectivity index (χ1v) is 7.89. The van der Waals surface area contributed by atoms with E-state index in [4.69, 9.17) is 9.47 Å². The Labute approximate surface area is 133 Å². The molecule has 0 spiro atoms. The third kappa shape index (κ3) is 3.39. The molecular formula is C17H18BrNO2. The Balaban J connectivity index is 1.69. The number of halogens is 1. The van der Waals surface area contributed by atoms with Crippen LogP contribution in [0.15, 0.2) is 46.9 Å². The molecule has 2 aromatic rings. The zero-order chi connectivity index (χ0) is 14.7. The molecular weight excluding hydrogens is 330 g/mol. The van der Waals surface area contributed by atoms with Crippen LogP contribution in [-0.2, 0) is 6.54 Å². The predicted molar refractivity (Wildman–Crippen MR) is 86.8 cm³/mol. The van der Waals surface area contributed by atoms with Gasteiger partial charge in [-0.15, -0.1) is 0 Å². The van der Waals surface area contributed by atoms with Gasteiger partial charge in [0, 0.05) is 12.6 Å². The number of hydrogen-bond acceptors (Lipinski definition) is 3. The maximum Gasteiger partial charge on any atom is 0.175 e. The first kappa shape index (κ1) is 14.4. The fourth-order valence-corrected chi connectivity index (χ4v) is 3.00. The molecule has 110 valence electrons. The second-order valence-electron chi connectivity index (χ2n) is 5.12. The highest BCUT2D eigenvalue weighted by atomic mass is 79.9. The van der Waals surface area contributed by atoms with Crippen LogP contribution >= 0.6 is 15.9 Å². The van der Waals surface area contributed by atoms with Crippen molar-refractivity contribution in [1.82, 2.24) is 5.32 Å². The lowest BCUT2D eigenvalue weighted by Gasteiger charge is -2.21. The average Bonchev–Trinajstić information content (AvgIpc) is 2.53. The van der Waals surface area contributed by atoms with E-state index in [2.05, 4.69) is 58.5 Å². The summed E-state index contributed by atoms with van der Waals surface area (Å²) in [6.07, 6.45) is 0. The Bertz CT molecular complexity index is 616. The normalized spacial score (nSPS) is 14.8. The summed E-state index contributed by atoms with van der Waals surface area (Å²) in [5.41, 5.74) is 2.46. The van der Waals surface area contributed by atoms with E-state index in [9.17, 15) is 0 Å². The van der Waals surface area contributed by atoms with Crippen LogP contribution in [0.3, 0.4) is 0 Å². The predicted octanol–water partition coefficient (Wildman–Crippen LogP) is 4.07. The van der Waals surface area contributed by atoms with Crippen molar-refractivity contribution in [3.8, 4) is 11.5 Å². The van der Waals surface area contributed by atoms with Gasteiger partial charge in [0.1, 0.15) is 13.2 Å². The van der Waals surface area contributed by atoms with Crippen LogP contribution in [0, 0.1) is 0 Å². The quantitative estimate of drug-likeness (QED) is 0.904. The molecule has 1 N–H and O–H groups in total. The number of hydrogen-bond donors (Lipinski definition) is 1. The minimum atomic E-state index is 0.304. The van der Waals surface area contributed by atoms with E-state index >= 15 is 0 Å². The first-order valence-electron chi connectivity index (χ1n) is 7.10. The van der Waals surface area contributed by atoms with E-state index in [0.717, 1.165) is 22.5 Å². The second kappa shape index (κ2) is 6.50. The van der Waals surface area contributed by atoms with Gasteiger partial charge in [-0.2, -0.15) is 0 Å². The lowest BCUT2D eigenvalue weighted by molar-refractivity contribution is 0.170. The molecule has 1 aliphatic heterocycles. The summed E-state index contributed by atoms with van der Waals surface area (Å²) in [6.45, 7) is 4.17. The summed E-state index contributed by atoms with van der Waals surface area (Å²) in [5.74, 6) is 1.63. The number of benzene rings is 2. The third-order valence-corrected chi connectivity index (χ3v) is 4.16. The molecule has 4 heteroatoms. The zero-order valence-corrected chi connectivity index (χ0v) is 13.5. The molecule has 1 heterocycles. The van der Waals surface area contributed by atoms with E-state index in [0.29, 0.717) is 19.3 Å². The lowest BCUT2D eigenvalue weighted by atomic mass is 10.1. The molecule has 1 atom stereocenters. The van der Waals surface area contributed by atoms with E-state index < -0.39 is 0 Å². The average molecular weight is 348 g/mol. The molecule has 0 bridgehead atoms. The molecule has 3 rings (SSSR count). The molecule has 0 saturated carbocycles. The fourth-order valence-electron chi connectivity index (χ4n) is 2.40. The second-order valence-corrected chi connectivity index (χ2v) is 5.97. The van der Waals surface area contributed by atoms with Gasteiger partial charge in [0.05, 0.1) is 4.47 Å². The van der Waals surface area contributed by atoms with Crippen molar-refractivity contribution in [1.29, 1.82) is 0 Å². The van der Waals surface area contributed by atoms with Gasteiger partial charge >= 0.3 is 0 Å². The van der Waals surface area contributed by atoms with Gasteiger partial charge in [-0.25, -0.2) is 0 Å². The molecule has 0 aliphatic carbocycles. The van der Waals surface area contributed by atoms with E-state index in [1.165, 1.54) is 11.1 Å². The highest BCUT2D eigenvalue weighted by Crippen LogP contribution is 2.38. The Kier molecular flexibility index (Phi) is 4.46. The number of rotatable bonds is 4. The molecule has 3 nitrogen and oxygen atoms in total. The maximum atomic E-state index is 5.65. The third-order valence-electron chi connectivity index (χ3n) is 3.57. The summed E-state index contributed by atoms with van der Waals surface area (Å²) in [5, 5.41) is 3.53. The lowest BCUT2D eigenvalue weighted by Crippen LogP contribution is -2.19. The smallest absolute Gasteiger partial charge is 0.175 e. The summed E-state index contributed by atoms with van der Waals surface area (Å²) >= 11 is 3.55. The minimum absolute atomic E-state index is 0.304. The van der Waals surface area contributed by atoms with Gasteiger partial charge in [0.15, 0.2) is 11.5 Å². The Morgan fingerprint density at radius 2 is 1.90 bits per heavy atom. The van der Waals surface area contributed by atoms with Crippen molar-refractivity contribution in [3.63, 3.8) is 0 Å². The molecule has 1 unspecified atom stereocenters. The molecule has 21 heavy (non-hydrogen) atoms. The summed E-state index contributed by atoms with van der Waals surface area (Å²) in [7, 11) is 0. The van der Waals surface area contributed by atoms with Crippen LogP contribution in [0.1, 0.15) is 24.1 Å². The zero-order valence-electron chi connectivity index (χ0n) is 11.9. The van der Waals surface area contributed by atoms with Gasteiger partial charge in [0.2, 0.25) is 0 Å². The van der Waals surface area contributed by atoms with Gasteiger partial charge in [0.25, 0.3) is 0 Å². The van der Waals surface area contributed by atoms with Crippen LogP contribution in [0.25, 0.3) is 0 Å². The standard InChI is InChI=1S/C17H18BrNO2/c1-12(14-5-3-2-4-6-14)19-11-13-9-15(18)17-16(10-13)20-7-8-21-17/h2-6,9-10,12,19H,7-8,11H2,1H3. The van der Waals surface area contributed by atoms with E-state index in [-0.39, 0.29) is 0 Å². The van der Waals surface area contributed by atoms with Crippen LogP contribution in [0.5, 0.6) is 11.5 Å². The van der Waals surface area contributed by atoms with Gasteiger partial charge < -0.3 is 14.8 Å². The van der Waals surface area contributed by atoms with Gasteiger partial charge in [-0.1, -0.05) is 30.3 Å². The first-order chi connectivity index (χ1) is 10.2. The summed E-state index contributed by atoms with van der Waals surface area (Å²) < 4.78 is 12.2. The van der Waals surface area contributed by atoms with Crippen molar-refractivity contribution < 1.29 is 9.47 Å². The monoisotopic (exact) mass is 347 g/mol. The van der Waals surface area contributed by atoms with Gasteiger partial charge in [-0.05, 0) is 46.1 Å². The molecule has 0 radical (unpaired) electrons. The van der Waals surface area contributed by atoms with Crippen molar-refractivity contribution >= 4 is 15.9 Å². The SMILES string of the molecule is CC(NCc1cc(Br)c2c(c1)OCCO2)c1ccccc1. The molecule has 0 saturated heterocycles. The minimum Gasteiger partial charge on any atom is -0.486 e. The van der Waals surface area contributed by atoms with E-state index in [1.807, 2.05) is 12.1 Å². The van der Waals surface area contributed by atoms with E-state index in [1.54, 1.807) is 0 Å². The van der Waals surface area contributed by atoms with Crippen LogP contribution < -0.4 is 14.8 Å². The number of nitrogens with one attached hydrogen (secondary N) is 1. The maximum absolute atomic E-state index is 5.65. The Morgan fingerprint density at radius 1 is 1.14 bits per heavy atom. The topological polar surface area (TPSA) is 30.5 Å². The summed E-state index contributed by atoms with van der Waals surface area (Å²) in [6, 6.07) is 14.9. The Hall–Kier alpha value is -1.52. The highest BCUT2D eigenvalue weighted by molar-refractivity contribution is 9.10. The van der Waals surface area contributed by atoms with Crippen molar-refractivity contribution in [3.05, 3.63) is 58.1 Å². The number of ether oxygens (including phenoxy) is 2. The fraction of sp³-hybridized carbons (Fsp3) is 0.294. The molecule has 0 fully saturated rings. The summed E-state index contributed by atoms with van der Waals surface area (Å²) in [4.78, 5) is 0.